The van der Waals surface area contributed by atoms with Crippen molar-refractivity contribution in [3.8, 4) is 5.75 Å². The predicted molar refractivity (Wildman–Crippen MR) is 94.3 cm³/mol. The number of alkyl halides is 3. The van der Waals surface area contributed by atoms with Crippen molar-refractivity contribution in [3.05, 3.63) is 60.7 Å². The van der Waals surface area contributed by atoms with Crippen molar-refractivity contribution in [3.63, 3.8) is 0 Å². The Bertz CT molecular complexity index is 681. The summed E-state index contributed by atoms with van der Waals surface area (Å²) in [5, 5.41) is 0. The summed E-state index contributed by atoms with van der Waals surface area (Å²) in [5.74, 6) is 0.817. The third-order valence-corrected chi connectivity index (χ3v) is 6.61. The van der Waals surface area contributed by atoms with Crippen LogP contribution in [0.25, 0.3) is 0 Å². The van der Waals surface area contributed by atoms with E-state index in [2.05, 4.69) is 6.92 Å². The van der Waals surface area contributed by atoms with E-state index in [1.165, 1.54) is 6.07 Å². The quantitative estimate of drug-likeness (QED) is 0.398. The number of hydrogen-bond donors (Lipinski definition) is 0. The zero-order valence-corrected chi connectivity index (χ0v) is 17.4. The average molecular weight is 477 g/mol. The molecule has 0 aliphatic heterocycles. The Morgan fingerprint density at radius 1 is 0.885 bits per heavy atom. The minimum absolute atomic E-state index is 0.409. The van der Waals surface area contributed by atoms with Gasteiger partial charge in [0.25, 0.3) is 0 Å². The van der Waals surface area contributed by atoms with Crippen LogP contribution < -0.4 is 25.9 Å². The first-order chi connectivity index (χ1) is 12.4. The summed E-state index contributed by atoms with van der Waals surface area (Å²) in [5.41, 5.74) is -0.0607. The molecule has 0 unspecified atom stereocenters. The summed E-state index contributed by atoms with van der Waals surface area (Å²) in [6, 6.07) is 12.6. The van der Waals surface area contributed by atoms with Gasteiger partial charge in [0, 0.05) is 6.07 Å². The van der Waals surface area contributed by atoms with Crippen LogP contribution in [0.3, 0.4) is 0 Å². The second-order valence-corrected chi connectivity index (χ2v) is 9.18. The van der Waals surface area contributed by atoms with E-state index in [4.69, 9.17) is 4.74 Å². The molecule has 5 heteroatoms. The molecule has 2 rings (SSSR count). The van der Waals surface area contributed by atoms with E-state index >= 15 is 0 Å². The summed E-state index contributed by atoms with van der Waals surface area (Å²) in [7, 11) is 0. The van der Waals surface area contributed by atoms with Crippen molar-refractivity contribution >= 4 is 0 Å². The van der Waals surface area contributed by atoms with Crippen LogP contribution in [-0.2, 0) is 12.6 Å². The molecule has 142 valence electrons. The molecule has 0 aromatic heterocycles. The largest absolute Gasteiger partial charge is 0.494 e. The molecule has 0 heterocycles. The van der Waals surface area contributed by atoms with Gasteiger partial charge in [0.15, 0.2) is 7.14 Å². The summed E-state index contributed by atoms with van der Waals surface area (Å²) in [4.78, 5) is 0. The van der Waals surface area contributed by atoms with Crippen LogP contribution in [0.15, 0.2) is 42.5 Å². The highest BCUT2D eigenvalue weighted by molar-refractivity contribution is 5.29. The first-order valence-corrected chi connectivity index (χ1v) is 11.2. The third kappa shape index (κ3) is 6.49. The predicted octanol–water partition coefficient (Wildman–Crippen LogP) is 3.36. The first-order valence-electron chi connectivity index (χ1n) is 9.01. The van der Waals surface area contributed by atoms with Crippen molar-refractivity contribution in [2.45, 2.75) is 52.1 Å². The minimum Gasteiger partial charge on any atom is -0.494 e. The van der Waals surface area contributed by atoms with Gasteiger partial charge in [-0.1, -0.05) is 32.8 Å². The highest BCUT2D eigenvalue weighted by Gasteiger charge is 2.35. The number of rotatable bonds is 9. The van der Waals surface area contributed by atoms with Crippen molar-refractivity contribution < 1.29 is 39.1 Å². The monoisotopic (exact) mass is 477 g/mol. The topological polar surface area (TPSA) is 9.23 Å². The third-order valence-electron chi connectivity index (χ3n) is 3.98. The van der Waals surface area contributed by atoms with Crippen LogP contribution in [0, 0.1) is 7.14 Å². The highest BCUT2D eigenvalue weighted by atomic mass is 127. The molecular weight excluding hydrogens is 452 g/mol. The molecule has 0 N–H and O–H groups in total. The van der Waals surface area contributed by atoms with Gasteiger partial charge in [0.2, 0.25) is 0 Å². The maximum absolute atomic E-state index is 13.4. The van der Waals surface area contributed by atoms with Gasteiger partial charge in [0.05, 0.1) is 12.2 Å². The molecule has 0 saturated carbocycles. The summed E-state index contributed by atoms with van der Waals surface area (Å²) >= 11 is -0.648. The van der Waals surface area contributed by atoms with E-state index in [0.717, 1.165) is 38.6 Å². The normalized spacial score (nSPS) is 11.6. The van der Waals surface area contributed by atoms with Gasteiger partial charge < -0.3 is 4.74 Å². The standard InChI is InChI=1S/C21H25F3IO/c1-3-5-7-16-8-9-18(15-20(16)21(22,23)24)25-17-10-12-19(13-11-17)26-14-6-4-2/h8-13,15H,3-7,14H2,1-2H3/q+1. The van der Waals surface area contributed by atoms with Crippen molar-refractivity contribution in [1.29, 1.82) is 0 Å². The zero-order valence-electron chi connectivity index (χ0n) is 15.2. The fraction of sp³-hybridized carbons (Fsp3) is 0.429. The molecule has 0 amide bonds. The fourth-order valence-electron chi connectivity index (χ4n) is 2.51. The smallest absolute Gasteiger partial charge is 0.416 e. The fourth-order valence-corrected chi connectivity index (χ4v) is 4.78. The molecule has 0 atom stereocenters. The molecule has 1 nitrogen and oxygen atoms in total. The molecule has 2 aromatic carbocycles. The lowest BCUT2D eigenvalue weighted by molar-refractivity contribution is -0.597. The Hall–Kier alpha value is -1.24. The van der Waals surface area contributed by atoms with Gasteiger partial charge in [0.1, 0.15) is 5.75 Å². The van der Waals surface area contributed by atoms with E-state index in [9.17, 15) is 13.2 Å². The highest BCUT2D eigenvalue weighted by Crippen LogP contribution is 2.32. The summed E-state index contributed by atoms with van der Waals surface area (Å²) in [6.45, 7) is 4.79. The molecular formula is C21H25F3IO+. The number of hydrogen-bond acceptors (Lipinski definition) is 1. The first kappa shape index (κ1) is 21.1. The summed E-state index contributed by atoms with van der Waals surface area (Å²) in [6.07, 6.45) is -0.0538. The maximum atomic E-state index is 13.4. The van der Waals surface area contributed by atoms with Crippen molar-refractivity contribution in [2.75, 3.05) is 6.61 Å². The number of halogens is 4. The van der Waals surface area contributed by atoms with Gasteiger partial charge in [-0.15, -0.1) is 0 Å². The van der Waals surface area contributed by atoms with E-state index in [1.54, 1.807) is 6.07 Å². The van der Waals surface area contributed by atoms with E-state index in [-0.39, 0.29) is 0 Å². The van der Waals surface area contributed by atoms with Gasteiger partial charge in [-0.05, 0) is 55.2 Å². The Labute approximate surface area is 164 Å². The van der Waals surface area contributed by atoms with Crippen LogP contribution in [0.5, 0.6) is 5.75 Å². The number of benzene rings is 2. The van der Waals surface area contributed by atoms with E-state index in [1.807, 2.05) is 37.3 Å². The van der Waals surface area contributed by atoms with Crippen LogP contribution in [0.2, 0.25) is 0 Å². The summed E-state index contributed by atoms with van der Waals surface area (Å²) < 4.78 is 47.7. The number of unbranched alkanes of at least 4 members (excludes halogenated alkanes) is 2. The lowest BCUT2D eigenvalue weighted by Crippen LogP contribution is -3.61. The Kier molecular flexibility index (Phi) is 8.25. The molecule has 2 aromatic rings. The molecule has 26 heavy (non-hydrogen) atoms. The Balaban J connectivity index is 2.11. The lowest BCUT2D eigenvalue weighted by atomic mass is 10.0. The molecule has 0 aliphatic rings. The van der Waals surface area contributed by atoms with Gasteiger partial charge in [-0.2, -0.15) is 13.2 Å². The van der Waals surface area contributed by atoms with E-state index < -0.39 is 32.9 Å². The Morgan fingerprint density at radius 3 is 2.15 bits per heavy atom. The van der Waals surface area contributed by atoms with Crippen LogP contribution in [-0.4, -0.2) is 6.61 Å². The number of aryl methyl sites for hydroxylation is 1. The maximum Gasteiger partial charge on any atom is 0.416 e. The molecule has 0 aliphatic carbocycles. The van der Waals surface area contributed by atoms with Crippen LogP contribution in [0.4, 0.5) is 13.2 Å². The molecule has 0 spiro atoms. The van der Waals surface area contributed by atoms with Crippen molar-refractivity contribution in [1.82, 2.24) is 0 Å². The van der Waals surface area contributed by atoms with Crippen LogP contribution in [0.1, 0.15) is 50.7 Å². The van der Waals surface area contributed by atoms with Gasteiger partial charge in [-0.25, -0.2) is 0 Å². The minimum atomic E-state index is -4.29. The molecule has 0 bridgehead atoms. The van der Waals surface area contributed by atoms with Crippen molar-refractivity contribution in [2.24, 2.45) is 0 Å². The zero-order chi connectivity index (χ0) is 19.0. The molecule has 0 radical (unpaired) electrons. The average Bonchev–Trinajstić information content (AvgIpc) is 2.61. The lowest BCUT2D eigenvalue weighted by Gasteiger charge is -2.12. The van der Waals surface area contributed by atoms with Gasteiger partial charge >= 0.3 is 27.4 Å². The second kappa shape index (κ2) is 10.2. The van der Waals surface area contributed by atoms with Crippen LogP contribution >= 0.6 is 0 Å². The molecule has 0 fully saturated rings. The SMILES string of the molecule is CCCCOc1ccc([I+]c2ccc(CCCC)c(C(F)(F)F)c2)cc1. The van der Waals surface area contributed by atoms with Gasteiger partial charge in [-0.3, -0.25) is 0 Å². The molecule has 0 saturated heterocycles. The Morgan fingerprint density at radius 2 is 1.54 bits per heavy atom. The number of ether oxygens (including phenoxy) is 1. The second-order valence-electron chi connectivity index (χ2n) is 6.15. The van der Waals surface area contributed by atoms with E-state index in [0.29, 0.717) is 18.6 Å².